The summed E-state index contributed by atoms with van der Waals surface area (Å²) in [5, 5.41) is 5.84. The number of ether oxygens (including phenoxy) is 1. The van der Waals surface area contributed by atoms with Crippen molar-refractivity contribution in [3.63, 3.8) is 0 Å². The van der Waals surface area contributed by atoms with Crippen molar-refractivity contribution < 1.29 is 9.53 Å². The van der Waals surface area contributed by atoms with Crippen molar-refractivity contribution in [3.05, 3.63) is 96.1 Å². The lowest BCUT2D eigenvalue weighted by molar-refractivity contribution is -0.114. The summed E-state index contributed by atoms with van der Waals surface area (Å²) < 4.78 is 5.87. The minimum Gasteiger partial charge on any atom is -0.457 e. The van der Waals surface area contributed by atoms with Gasteiger partial charge in [-0.2, -0.15) is 10.1 Å². The van der Waals surface area contributed by atoms with Gasteiger partial charge in [-0.1, -0.05) is 48.5 Å². The zero-order valence-corrected chi connectivity index (χ0v) is 14.9. The molecule has 1 aliphatic heterocycles. The summed E-state index contributed by atoms with van der Waals surface area (Å²) >= 11 is 0. The van der Waals surface area contributed by atoms with Crippen molar-refractivity contribution in [1.82, 2.24) is 0 Å². The highest BCUT2D eigenvalue weighted by Gasteiger charge is 2.28. The van der Waals surface area contributed by atoms with E-state index in [1.807, 2.05) is 97.9 Å². The van der Waals surface area contributed by atoms with E-state index in [2.05, 4.69) is 5.10 Å². The van der Waals surface area contributed by atoms with Crippen LogP contribution in [0.25, 0.3) is 6.08 Å². The molecule has 0 N–H and O–H groups in total. The number of nitrogens with zero attached hydrogens (tertiary/aromatic N) is 2. The molecule has 3 aromatic rings. The average molecular weight is 354 g/mol. The third kappa shape index (κ3) is 3.65. The number of carbonyl (C=O) groups is 1. The van der Waals surface area contributed by atoms with E-state index < -0.39 is 0 Å². The summed E-state index contributed by atoms with van der Waals surface area (Å²) in [6.45, 7) is 1.84. The summed E-state index contributed by atoms with van der Waals surface area (Å²) in [7, 11) is 0. The molecule has 0 spiro atoms. The standard InChI is InChI=1S/C23H18N2O2/c1-17-22(23(26)25(24-17)19-10-4-2-5-11-19)16-18-9-8-14-21(15-18)27-20-12-6-3-7-13-20/h2-16H,1H3/b22-16-. The molecule has 1 heterocycles. The Labute approximate surface area is 158 Å². The third-order valence-corrected chi connectivity index (χ3v) is 4.21. The van der Waals surface area contributed by atoms with Crippen molar-refractivity contribution in [3.8, 4) is 11.5 Å². The number of anilines is 1. The third-order valence-electron chi connectivity index (χ3n) is 4.21. The van der Waals surface area contributed by atoms with Gasteiger partial charge in [-0.3, -0.25) is 4.79 Å². The number of benzene rings is 3. The molecule has 4 rings (SSSR count). The molecule has 4 nitrogen and oxygen atoms in total. The van der Waals surface area contributed by atoms with Crippen LogP contribution in [0.4, 0.5) is 5.69 Å². The summed E-state index contributed by atoms with van der Waals surface area (Å²) in [6, 6.07) is 26.7. The Kier molecular flexibility index (Phi) is 4.54. The fraction of sp³-hybridized carbons (Fsp3) is 0.0435. The minimum atomic E-state index is -0.131. The van der Waals surface area contributed by atoms with Crippen molar-refractivity contribution in [2.24, 2.45) is 5.10 Å². The SMILES string of the molecule is CC1=NN(c2ccccc2)C(=O)/C1=C\c1cccc(Oc2ccccc2)c1. The molecular weight excluding hydrogens is 336 g/mol. The van der Waals surface area contributed by atoms with Crippen LogP contribution in [-0.2, 0) is 4.79 Å². The van der Waals surface area contributed by atoms with Gasteiger partial charge in [0.15, 0.2) is 0 Å². The molecule has 132 valence electrons. The smallest absolute Gasteiger partial charge is 0.280 e. The van der Waals surface area contributed by atoms with E-state index in [9.17, 15) is 4.79 Å². The number of para-hydroxylation sites is 2. The quantitative estimate of drug-likeness (QED) is 0.598. The largest absolute Gasteiger partial charge is 0.457 e. The molecule has 0 saturated carbocycles. The predicted molar refractivity (Wildman–Crippen MR) is 108 cm³/mol. The van der Waals surface area contributed by atoms with Crippen molar-refractivity contribution in [2.75, 3.05) is 5.01 Å². The van der Waals surface area contributed by atoms with Crippen LogP contribution < -0.4 is 9.75 Å². The van der Waals surface area contributed by atoms with Crippen LogP contribution in [0.5, 0.6) is 11.5 Å². The van der Waals surface area contributed by atoms with E-state index in [1.165, 1.54) is 5.01 Å². The van der Waals surface area contributed by atoms with Gasteiger partial charge in [0.1, 0.15) is 11.5 Å². The van der Waals surface area contributed by atoms with E-state index in [0.29, 0.717) is 11.3 Å². The van der Waals surface area contributed by atoms with Gasteiger partial charge in [0.05, 0.1) is 17.0 Å². The van der Waals surface area contributed by atoms with Crippen LogP contribution in [0.1, 0.15) is 12.5 Å². The Morgan fingerprint density at radius 3 is 2.26 bits per heavy atom. The van der Waals surface area contributed by atoms with Crippen LogP contribution in [0, 0.1) is 0 Å². The van der Waals surface area contributed by atoms with Gasteiger partial charge in [0, 0.05) is 0 Å². The van der Waals surface area contributed by atoms with Gasteiger partial charge in [0.25, 0.3) is 5.91 Å². The zero-order valence-electron chi connectivity index (χ0n) is 14.9. The highest BCUT2D eigenvalue weighted by atomic mass is 16.5. The molecule has 0 unspecified atom stereocenters. The second kappa shape index (κ2) is 7.30. The predicted octanol–water partition coefficient (Wildman–Crippen LogP) is 5.29. The molecular formula is C23H18N2O2. The molecule has 0 radical (unpaired) electrons. The Hall–Kier alpha value is -3.66. The number of hydrogen-bond donors (Lipinski definition) is 0. The topological polar surface area (TPSA) is 41.9 Å². The van der Waals surface area contributed by atoms with Crippen LogP contribution in [0.15, 0.2) is 95.6 Å². The molecule has 0 saturated heterocycles. The molecule has 0 aromatic heterocycles. The van der Waals surface area contributed by atoms with Crippen molar-refractivity contribution in [1.29, 1.82) is 0 Å². The number of rotatable bonds is 4. The fourth-order valence-corrected chi connectivity index (χ4v) is 2.89. The van der Waals surface area contributed by atoms with Gasteiger partial charge < -0.3 is 4.74 Å². The van der Waals surface area contributed by atoms with Crippen LogP contribution >= 0.6 is 0 Å². The highest BCUT2D eigenvalue weighted by molar-refractivity contribution is 6.32. The number of amides is 1. The van der Waals surface area contributed by atoms with Gasteiger partial charge in [0.2, 0.25) is 0 Å². The Bertz CT molecular complexity index is 1020. The average Bonchev–Trinajstić information content (AvgIpc) is 2.98. The summed E-state index contributed by atoms with van der Waals surface area (Å²) in [5.74, 6) is 1.36. The zero-order chi connectivity index (χ0) is 18.6. The van der Waals surface area contributed by atoms with Crippen LogP contribution in [-0.4, -0.2) is 11.6 Å². The Morgan fingerprint density at radius 1 is 0.852 bits per heavy atom. The van der Waals surface area contributed by atoms with E-state index in [1.54, 1.807) is 0 Å². The van der Waals surface area contributed by atoms with Gasteiger partial charge in [-0.15, -0.1) is 0 Å². The lowest BCUT2D eigenvalue weighted by Crippen LogP contribution is -2.21. The maximum Gasteiger partial charge on any atom is 0.280 e. The first-order chi connectivity index (χ1) is 13.2. The molecule has 4 heteroatoms. The van der Waals surface area contributed by atoms with Crippen LogP contribution in [0.3, 0.4) is 0 Å². The maximum atomic E-state index is 12.8. The van der Waals surface area contributed by atoms with E-state index in [0.717, 1.165) is 22.7 Å². The molecule has 1 amide bonds. The molecule has 0 fully saturated rings. The van der Waals surface area contributed by atoms with E-state index in [-0.39, 0.29) is 5.91 Å². The van der Waals surface area contributed by atoms with Crippen molar-refractivity contribution in [2.45, 2.75) is 6.92 Å². The van der Waals surface area contributed by atoms with Crippen LogP contribution in [0.2, 0.25) is 0 Å². The Balaban J connectivity index is 1.59. The fourth-order valence-electron chi connectivity index (χ4n) is 2.89. The second-order valence-electron chi connectivity index (χ2n) is 6.18. The number of carbonyl (C=O) groups excluding carboxylic acids is 1. The molecule has 0 atom stereocenters. The molecule has 1 aliphatic rings. The van der Waals surface area contributed by atoms with Crippen molar-refractivity contribution >= 4 is 23.4 Å². The number of hydrogen-bond acceptors (Lipinski definition) is 3. The lowest BCUT2D eigenvalue weighted by Gasteiger charge is -2.11. The van der Waals surface area contributed by atoms with Gasteiger partial charge in [-0.25, -0.2) is 0 Å². The molecule has 0 bridgehead atoms. The van der Waals surface area contributed by atoms with E-state index >= 15 is 0 Å². The maximum absolute atomic E-state index is 12.8. The summed E-state index contributed by atoms with van der Waals surface area (Å²) in [5.41, 5.74) is 2.91. The number of hydrazone groups is 1. The first kappa shape index (κ1) is 16.8. The normalized spacial score (nSPS) is 15.1. The Morgan fingerprint density at radius 2 is 1.52 bits per heavy atom. The van der Waals surface area contributed by atoms with Gasteiger partial charge in [-0.05, 0) is 55.0 Å². The van der Waals surface area contributed by atoms with E-state index in [4.69, 9.17) is 4.74 Å². The highest BCUT2D eigenvalue weighted by Crippen LogP contribution is 2.26. The molecule has 27 heavy (non-hydrogen) atoms. The summed E-state index contributed by atoms with van der Waals surface area (Å²) in [4.78, 5) is 12.8. The minimum absolute atomic E-state index is 0.131. The second-order valence-corrected chi connectivity index (χ2v) is 6.18. The molecule has 3 aromatic carbocycles. The molecule has 0 aliphatic carbocycles. The van der Waals surface area contributed by atoms with Gasteiger partial charge >= 0.3 is 0 Å². The summed E-state index contributed by atoms with van der Waals surface area (Å²) in [6.07, 6.45) is 1.85. The first-order valence-corrected chi connectivity index (χ1v) is 8.70. The monoisotopic (exact) mass is 354 g/mol. The lowest BCUT2D eigenvalue weighted by atomic mass is 10.1. The first-order valence-electron chi connectivity index (χ1n) is 8.70.